The summed E-state index contributed by atoms with van der Waals surface area (Å²) in [6.45, 7) is 0.668. The fraction of sp³-hybridized carbons (Fsp3) is 0.400. The van der Waals surface area contributed by atoms with E-state index in [1.54, 1.807) is 23.7 Å². The average molecular weight is 226 g/mol. The molecule has 4 nitrogen and oxygen atoms in total. The molecule has 1 rings (SSSR count). The van der Waals surface area contributed by atoms with Gasteiger partial charge in [0.05, 0.1) is 11.8 Å². The van der Waals surface area contributed by atoms with Gasteiger partial charge in [0.15, 0.2) is 0 Å². The molecule has 1 N–H and O–H groups in total. The van der Waals surface area contributed by atoms with Crippen molar-refractivity contribution in [2.24, 2.45) is 0 Å². The third kappa shape index (κ3) is 3.13. The van der Waals surface area contributed by atoms with E-state index in [4.69, 9.17) is 0 Å². The van der Waals surface area contributed by atoms with E-state index < -0.39 is 0 Å². The van der Waals surface area contributed by atoms with Crippen molar-refractivity contribution in [3.63, 3.8) is 0 Å². The number of aromatic nitrogens is 1. The Kier molecular flexibility index (Phi) is 4.42. The summed E-state index contributed by atoms with van der Waals surface area (Å²) >= 11 is 1.68. The fourth-order valence-corrected chi connectivity index (χ4v) is 1.56. The molecule has 0 saturated carbocycles. The molecule has 1 aromatic heterocycles. The number of nitrogens with zero attached hydrogens (tertiary/aromatic N) is 2. The van der Waals surface area contributed by atoms with Gasteiger partial charge in [0, 0.05) is 25.5 Å². The van der Waals surface area contributed by atoms with Crippen LogP contribution in [-0.2, 0) is 0 Å². The highest BCUT2D eigenvalue weighted by atomic mass is 32.2. The standard InChI is InChI=1S/C10H14N2O2S/c1-12(5-6-15-2)10(14)8-3-4-11-7-9(8)13/h3-4,7,13H,5-6H2,1-2H3. The lowest BCUT2D eigenvalue weighted by Crippen LogP contribution is -2.28. The Labute approximate surface area is 93.3 Å². The molecule has 0 fully saturated rings. The molecule has 1 aromatic rings. The Bertz CT molecular complexity index is 344. The van der Waals surface area contributed by atoms with Crippen molar-refractivity contribution in [2.45, 2.75) is 0 Å². The second-order valence-corrected chi connectivity index (χ2v) is 4.10. The predicted molar refractivity (Wildman–Crippen MR) is 61.2 cm³/mol. The SMILES string of the molecule is CSCCN(C)C(=O)c1ccncc1O. The molecule has 0 atom stereocenters. The van der Waals surface area contributed by atoms with Gasteiger partial charge in [0.1, 0.15) is 5.75 Å². The molecule has 1 amide bonds. The fourth-order valence-electron chi connectivity index (χ4n) is 1.10. The molecule has 0 saturated heterocycles. The van der Waals surface area contributed by atoms with Crippen LogP contribution in [0.5, 0.6) is 5.75 Å². The summed E-state index contributed by atoms with van der Waals surface area (Å²) in [5.41, 5.74) is 0.300. The number of amides is 1. The van der Waals surface area contributed by atoms with Crippen LogP contribution in [0.25, 0.3) is 0 Å². The highest BCUT2D eigenvalue weighted by Crippen LogP contribution is 2.15. The van der Waals surface area contributed by atoms with Crippen molar-refractivity contribution < 1.29 is 9.90 Å². The van der Waals surface area contributed by atoms with Crippen LogP contribution in [0.15, 0.2) is 18.5 Å². The summed E-state index contributed by atoms with van der Waals surface area (Å²) in [5, 5.41) is 9.44. The number of carbonyl (C=O) groups excluding carboxylic acids is 1. The minimum Gasteiger partial charge on any atom is -0.505 e. The lowest BCUT2D eigenvalue weighted by molar-refractivity contribution is 0.0800. The first-order valence-electron chi connectivity index (χ1n) is 4.54. The Morgan fingerprint density at radius 2 is 2.40 bits per heavy atom. The van der Waals surface area contributed by atoms with E-state index >= 15 is 0 Å². The van der Waals surface area contributed by atoms with E-state index in [1.165, 1.54) is 18.5 Å². The van der Waals surface area contributed by atoms with Crippen LogP contribution in [0.2, 0.25) is 0 Å². The van der Waals surface area contributed by atoms with E-state index in [2.05, 4.69) is 4.98 Å². The van der Waals surface area contributed by atoms with Gasteiger partial charge < -0.3 is 10.0 Å². The average Bonchev–Trinajstić information content (AvgIpc) is 2.25. The van der Waals surface area contributed by atoms with Gasteiger partial charge >= 0.3 is 0 Å². The number of pyridine rings is 1. The van der Waals surface area contributed by atoms with Gasteiger partial charge in [-0.15, -0.1) is 0 Å². The lowest BCUT2D eigenvalue weighted by atomic mass is 10.2. The summed E-state index contributed by atoms with van der Waals surface area (Å²) in [5.74, 6) is 0.635. The quantitative estimate of drug-likeness (QED) is 0.838. The first-order chi connectivity index (χ1) is 7.16. The van der Waals surface area contributed by atoms with Gasteiger partial charge in [0.25, 0.3) is 5.91 Å². The van der Waals surface area contributed by atoms with E-state index in [1.807, 2.05) is 6.26 Å². The van der Waals surface area contributed by atoms with Crippen molar-refractivity contribution >= 4 is 17.7 Å². The maximum Gasteiger partial charge on any atom is 0.257 e. The topological polar surface area (TPSA) is 53.4 Å². The van der Waals surface area contributed by atoms with Gasteiger partial charge in [-0.3, -0.25) is 9.78 Å². The van der Waals surface area contributed by atoms with Gasteiger partial charge in [-0.2, -0.15) is 11.8 Å². The minimum absolute atomic E-state index is 0.0708. The molecule has 0 aliphatic heterocycles. The Hall–Kier alpha value is -1.23. The molecule has 1 heterocycles. The van der Waals surface area contributed by atoms with Crippen LogP contribution in [0.4, 0.5) is 0 Å². The second kappa shape index (κ2) is 5.60. The third-order valence-corrected chi connectivity index (χ3v) is 2.60. The molecule has 0 aliphatic carbocycles. The largest absolute Gasteiger partial charge is 0.505 e. The molecule has 0 spiro atoms. The summed E-state index contributed by atoms with van der Waals surface area (Å²) < 4.78 is 0. The van der Waals surface area contributed by atoms with Crippen LogP contribution in [0.1, 0.15) is 10.4 Å². The first-order valence-corrected chi connectivity index (χ1v) is 5.93. The smallest absolute Gasteiger partial charge is 0.257 e. The molecule has 0 bridgehead atoms. The van der Waals surface area contributed by atoms with E-state index in [-0.39, 0.29) is 11.7 Å². The summed E-state index contributed by atoms with van der Waals surface area (Å²) in [4.78, 5) is 17.1. The number of hydrogen-bond donors (Lipinski definition) is 1. The molecule has 82 valence electrons. The Balaban J connectivity index is 2.72. The molecular formula is C10H14N2O2S. The number of rotatable bonds is 4. The summed E-state index contributed by atoms with van der Waals surface area (Å²) in [6.07, 6.45) is 4.76. The van der Waals surface area contributed by atoms with Crippen molar-refractivity contribution in [3.8, 4) is 5.75 Å². The number of hydrogen-bond acceptors (Lipinski definition) is 4. The van der Waals surface area contributed by atoms with Crippen molar-refractivity contribution in [2.75, 3.05) is 25.6 Å². The number of aromatic hydroxyl groups is 1. The zero-order valence-electron chi connectivity index (χ0n) is 8.80. The maximum atomic E-state index is 11.8. The van der Waals surface area contributed by atoms with Gasteiger partial charge in [-0.25, -0.2) is 0 Å². The zero-order valence-corrected chi connectivity index (χ0v) is 9.62. The van der Waals surface area contributed by atoms with Crippen LogP contribution in [0.3, 0.4) is 0 Å². The predicted octanol–water partition coefficient (Wildman–Crippen LogP) is 1.22. The first kappa shape index (κ1) is 11.8. The summed E-state index contributed by atoms with van der Waals surface area (Å²) in [6, 6.07) is 1.52. The normalized spacial score (nSPS) is 10.0. The van der Waals surface area contributed by atoms with E-state index in [0.29, 0.717) is 12.1 Å². The molecular weight excluding hydrogens is 212 g/mol. The van der Waals surface area contributed by atoms with Crippen molar-refractivity contribution in [1.29, 1.82) is 0 Å². The Morgan fingerprint density at radius 3 is 3.00 bits per heavy atom. The van der Waals surface area contributed by atoms with E-state index in [0.717, 1.165) is 5.75 Å². The molecule has 0 radical (unpaired) electrons. The highest BCUT2D eigenvalue weighted by molar-refractivity contribution is 7.98. The number of thioether (sulfide) groups is 1. The molecule has 0 unspecified atom stereocenters. The van der Waals surface area contributed by atoms with Crippen molar-refractivity contribution in [1.82, 2.24) is 9.88 Å². The van der Waals surface area contributed by atoms with Crippen molar-refractivity contribution in [3.05, 3.63) is 24.0 Å². The highest BCUT2D eigenvalue weighted by Gasteiger charge is 2.14. The molecule has 15 heavy (non-hydrogen) atoms. The third-order valence-electron chi connectivity index (χ3n) is 2.01. The second-order valence-electron chi connectivity index (χ2n) is 3.11. The monoisotopic (exact) mass is 226 g/mol. The van der Waals surface area contributed by atoms with Gasteiger partial charge in [-0.1, -0.05) is 0 Å². The minimum atomic E-state index is -0.177. The van der Waals surface area contributed by atoms with E-state index in [9.17, 15) is 9.90 Å². The molecule has 0 aromatic carbocycles. The molecule has 5 heteroatoms. The van der Waals surface area contributed by atoms with Crippen LogP contribution in [-0.4, -0.2) is 46.5 Å². The molecule has 0 aliphatic rings. The van der Waals surface area contributed by atoms with Crippen LogP contribution in [0, 0.1) is 0 Å². The van der Waals surface area contributed by atoms with Gasteiger partial charge in [-0.05, 0) is 12.3 Å². The zero-order chi connectivity index (χ0) is 11.3. The van der Waals surface area contributed by atoms with Crippen LogP contribution >= 0.6 is 11.8 Å². The maximum absolute atomic E-state index is 11.8. The summed E-state index contributed by atoms with van der Waals surface area (Å²) in [7, 11) is 1.72. The number of carbonyl (C=O) groups is 1. The Morgan fingerprint density at radius 1 is 1.67 bits per heavy atom. The lowest BCUT2D eigenvalue weighted by Gasteiger charge is -2.16. The van der Waals surface area contributed by atoms with Gasteiger partial charge in [0.2, 0.25) is 0 Å². The van der Waals surface area contributed by atoms with Crippen LogP contribution < -0.4 is 0 Å².